The summed E-state index contributed by atoms with van der Waals surface area (Å²) in [5.74, 6) is -3.80. The Morgan fingerprint density at radius 1 is 1.57 bits per heavy atom. The van der Waals surface area contributed by atoms with E-state index in [1.54, 1.807) is 6.08 Å². The Balaban J connectivity index is 3.58. The molecule has 0 saturated carbocycles. The topological polar surface area (TPSA) is 61.4 Å². The third-order valence-corrected chi connectivity index (χ3v) is 1.35. The smallest absolute Gasteiger partial charge is 0.287 e. The number of carbonyl (C=O) groups is 1. The maximum Gasteiger partial charge on any atom is 0.287 e. The zero-order chi connectivity index (χ0) is 11.0. The average Bonchev–Trinajstić information content (AvgIpc) is 2.16. The van der Waals surface area contributed by atoms with Crippen molar-refractivity contribution in [2.75, 3.05) is 26.2 Å². The van der Waals surface area contributed by atoms with Crippen LogP contribution in [0.15, 0.2) is 12.7 Å². The molecule has 0 fully saturated rings. The van der Waals surface area contributed by atoms with Crippen molar-refractivity contribution in [2.45, 2.75) is 5.92 Å². The monoisotopic (exact) mass is 208 g/mol. The highest BCUT2D eigenvalue weighted by atomic mass is 19.3. The first-order valence-electron chi connectivity index (χ1n) is 4.09. The molecule has 0 aromatic rings. The van der Waals surface area contributed by atoms with E-state index >= 15 is 0 Å². The Bertz CT molecular complexity index is 198. The fourth-order valence-corrected chi connectivity index (χ4v) is 0.634. The predicted molar refractivity (Wildman–Crippen MR) is 48.1 cm³/mol. The lowest BCUT2D eigenvalue weighted by molar-refractivity contribution is -0.123. The van der Waals surface area contributed by atoms with Crippen LogP contribution in [0.1, 0.15) is 0 Å². The number of nitrogens with one attached hydrogen (secondary N) is 2. The van der Waals surface area contributed by atoms with Crippen molar-refractivity contribution in [3.8, 4) is 0 Å². The largest absolute Gasteiger partial charge is 0.390 e. The van der Waals surface area contributed by atoms with E-state index in [9.17, 15) is 13.6 Å². The zero-order valence-corrected chi connectivity index (χ0v) is 7.72. The van der Waals surface area contributed by atoms with Crippen LogP contribution in [0.25, 0.3) is 0 Å². The molecule has 6 heteroatoms. The number of aliphatic hydroxyl groups excluding tert-OH is 1. The summed E-state index contributed by atoms with van der Waals surface area (Å²) >= 11 is 0. The molecule has 1 amide bonds. The summed E-state index contributed by atoms with van der Waals surface area (Å²) in [5.41, 5.74) is 0. The lowest BCUT2D eigenvalue weighted by Gasteiger charge is -2.13. The molecular weight excluding hydrogens is 194 g/mol. The average molecular weight is 208 g/mol. The summed E-state index contributed by atoms with van der Waals surface area (Å²) in [6, 6.07) is 0. The van der Waals surface area contributed by atoms with Gasteiger partial charge in [-0.05, 0) is 0 Å². The van der Waals surface area contributed by atoms with Gasteiger partial charge >= 0.3 is 0 Å². The molecule has 0 atom stereocenters. The van der Waals surface area contributed by atoms with Crippen molar-refractivity contribution in [1.29, 1.82) is 0 Å². The van der Waals surface area contributed by atoms with Crippen LogP contribution < -0.4 is 10.6 Å². The highest BCUT2D eigenvalue weighted by Crippen LogP contribution is 2.09. The van der Waals surface area contributed by atoms with Gasteiger partial charge in [-0.2, -0.15) is 0 Å². The number of hydrogen-bond donors (Lipinski definition) is 3. The van der Waals surface area contributed by atoms with Crippen LogP contribution in [0.4, 0.5) is 8.78 Å². The number of rotatable bonds is 7. The zero-order valence-electron chi connectivity index (χ0n) is 7.72. The van der Waals surface area contributed by atoms with Crippen molar-refractivity contribution in [3.05, 3.63) is 12.7 Å². The summed E-state index contributed by atoms with van der Waals surface area (Å²) in [6.07, 6.45) is 1.55. The summed E-state index contributed by atoms with van der Waals surface area (Å²) < 4.78 is 24.8. The summed E-state index contributed by atoms with van der Waals surface area (Å²) in [5, 5.41) is 12.8. The molecule has 0 aliphatic heterocycles. The second kappa shape index (κ2) is 6.44. The fraction of sp³-hybridized carbons (Fsp3) is 0.625. The molecule has 0 saturated heterocycles. The molecule has 0 aromatic carbocycles. The minimum absolute atomic E-state index is 0.0481. The molecule has 0 aliphatic carbocycles. The Hall–Kier alpha value is -1.01. The first kappa shape index (κ1) is 13.0. The maximum atomic E-state index is 12.4. The normalized spacial score (nSPS) is 11.1. The van der Waals surface area contributed by atoms with Crippen molar-refractivity contribution in [3.63, 3.8) is 0 Å². The number of aliphatic hydroxyl groups is 1. The Morgan fingerprint density at radius 2 is 2.21 bits per heavy atom. The van der Waals surface area contributed by atoms with Gasteiger partial charge in [-0.25, -0.2) is 8.78 Å². The Kier molecular flexibility index (Phi) is 5.98. The van der Waals surface area contributed by atoms with Crippen LogP contribution in [0.3, 0.4) is 0 Å². The van der Waals surface area contributed by atoms with E-state index in [1.807, 2.05) is 5.32 Å². The quantitative estimate of drug-likeness (QED) is 0.390. The van der Waals surface area contributed by atoms with Gasteiger partial charge in [0, 0.05) is 6.54 Å². The van der Waals surface area contributed by atoms with Crippen LogP contribution in [0, 0.1) is 0 Å². The summed E-state index contributed by atoms with van der Waals surface area (Å²) in [6.45, 7) is 1.68. The van der Waals surface area contributed by atoms with E-state index in [2.05, 4.69) is 11.9 Å². The number of hydrogen-bond acceptors (Lipinski definition) is 3. The highest BCUT2D eigenvalue weighted by molar-refractivity contribution is 5.78. The lowest BCUT2D eigenvalue weighted by Crippen LogP contribution is -2.42. The molecule has 0 aliphatic rings. The predicted octanol–water partition coefficient (Wildman–Crippen LogP) is -0.494. The first-order chi connectivity index (χ1) is 6.52. The molecule has 14 heavy (non-hydrogen) atoms. The molecule has 0 bridgehead atoms. The van der Waals surface area contributed by atoms with Crippen LogP contribution in [0.5, 0.6) is 0 Å². The molecule has 0 radical (unpaired) electrons. The molecule has 0 spiro atoms. The van der Waals surface area contributed by atoms with Gasteiger partial charge in [0.05, 0.1) is 13.1 Å². The lowest BCUT2D eigenvalue weighted by atomic mass is 10.3. The Morgan fingerprint density at radius 3 is 2.71 bits per heavy atom. The van der Waals surface area contributed by atoms with Gasteiger partial charge in [-0.3, -0.25) is 4.79 Å². The highest BCUT2D eigenvalue weighted by Gasteiger charge is 2.27. The van der Waals surface area contributed by atoms with E-state index in [-0.39, 0.29) is 6.54 Å². The minimum Gasteiger partial charge on any atom is -0.390 e. The van der Waals surface area contributed by atoms with Crippen LogP contribution in [-0.2, 0) is 4.79 Å². The van der Waals surface area contributed by atoms with Gasteiger partial charge < -0.3 is 15.7 Å². The van der Waals surface area contributed by atoms with Crippen LogP contribution in [-0.4, -0.2) is 43.2 Å². The summed E-state index contributed by atoms with van der Waals surface area (Å²) in [7, 11) is 0. The van der Waals surface area contributed by atoms with Gasteiger partial charge in [0.1, 0.15) is 6.61 Å². The summed E-state index contributed by atoms with van der Waals surface area (Å²) in [4.78, 5) is 10.9. The number of carbonyl (C=O) groups excluding carboxylic acids is 1. The third kappa shape index (κ3) is 6.50. The molecule has 0 heterocycles. The molecular formula is C8H14F2N2O2. The van der Waals surface area contributed by atoms with Crippen molar-refractivity contribution in [1.82, 2.24) is 10.6 Å². The van der Waals surface area contributed by atoms with E-state index in [0.29, 0.717) is 6.54 Å². The first-order valence-corrected chi connectivity index (χ1v) is 4.09. The molecule has 4 nitrogen and oxygen atoms in total. The second-order valence-electron chi connectivity index (χ2n) is 2.71. The fourth-order valence-electron chi connectivity index (χ4n) is 0.634. The standard InChI is InChI=1S/C8H14F2N2O2/c1-2-3-11-4-7(14)12-5-8(9,10)6-13/h2,11,13H,1,3-6H2,(H,12,14). The van der Waals surface area contributed by atoms with E-state index < -0.39 is 25.0 Å². The molecule has 0 aromatic heterocycles. The Labute approximate surface area is 81.0 Å². The van der Waals surface area contributed by atoms with Gasteiger partial charge in [-0.15, -0.1) is 6.58 Å². The van der Waals surface area contributed by atoms with Gasteiger partial charge in [0.15, 0.2) is 0 Å². The van der Waals surface area contributed by atoms with Crippen molar-refractivity contribution in [2.24, 2.45) is 0 Å². The van der Waals surface area contributed by atoms with E-state index in [0.717, 1.165) is 0 Å². The number of amides is 1. The van der Waals surface area contributed by atoms with Gasteiger partial charge in [-0.1, -0.05) is 6.08 Å². The van der Waals surface area contributed by atoms with Gasteiger partial charge in [0.2, 0.25) is 5.91 Å². The van der Waals surface area contributed by atoms with Crippen molar-refractivity contribution >= 4 is 5.91 Å². The number of halogens is 2. The molecule has 3 N–H and O–H groups in total. The number of alkyl halides is 2. The third-order valence-electron chi connectivity index (χ3n) is 1.35. The molecule has 0 rings (SSSR count). The molecule has 82 valence electrons. The van der Waals surface area contributed by atoms with E-state index in [1.165, 1.54) is 0 Å². The van der Waals surface area contributed by atoms with Crippen molar-refractivity contribution < 1.29 is 18.7 Å². The SMILES string of the molecule is C=CCNCC(=O)NCC(F)(F)CO. The minimum atomic E-state index is -3.26. The van der Waals surface area contributed by atoms with Gasteiger partial charge in [0.25, 0.3) is 5.92 Å². The molecule has 0 unspecified atom stereocenters. The van der Waals surface area contributed by atoms with Crippen LogP contribution in [0.2, 0.25) is 0 Å². The second-order valence-corrected chi connectivity index (χ2v) is 2.71. The maximum absolute atomic E-state index is 12.4. The van der Waals surface area contributed by atoms with E-state index in [4.69, 9.17) is 5.11 Å². The van der Waals surface area contributed by atoms with Crippen LogP contribution >= 0.6 is 0 Å².